The maximum atomic E-state index is 13.6. The summed E-state index contributed by atoms with van der Waals surface area (Å²) in [7, 11) is -4.01. The van der Waals surface area contributed by atoms with Crippen LogP contribution in [0, 0.1) is 13.8 Å². The quantitative estimate of drug-likeness (QED) is 0.437. The van der Waals surface area contributed by atoms with Crippen LogP contribution in [-0.4, -0.2) is 52.1 Å². The van der Waals surface area contributed by atoms with E-state index in [0.717, 1.165) is 53.8 Å². The number of hydrogen-bond acceptors (Lipinski definition) is 5. The summed E-state index contributed by atoms with van der Waals surface area (Å²) in [6, 6.07) is 19.6. The van der Waals surface area contributed by atoms with E-state index in [4.69, 9.17) is 16.3 Å². The van der Waals surface area contributed by atoms with Crippen molar-refractivity contribution in [3.63, 3.8) is 0 Å². The van der Waals surface area contributed by atoms with Crippen molar-refractivity contribution in [2.75, 3.05) is 37.2 Å². The van der Waals surface area contributed by atoms with Gasteiger partial charge in [0.15, 0.2) is 0 Å². The zero-order chi connectivity index (χ0) is 26.4. The minimum Gasteiger partial charge on any atom is -0.379 e. The third-order valence-electron chi connectivity index (χ3n) is 6.33. The number of anilines is 1. The lowest BCUT2D eigenvalue weighted by molar-refractivity contribution is -0.119. The second-order valence-electron chi connectivity index (χ2n) is 9.24. The third kappa shape index (κ3) is 7.11. The van der Waals surface area contributed by atoms with E-state index in [-0.39, 0.29) is 11.4 Å². The third-order valence-corrected chi connectivity index (χ3v) is 8.34. The Morgan fingerprint density at radius 3 is 2.43 bits per heavy atom. The first-order valence-electron chi connectivity index (χ1n) is 12.2. The monoisotopic (exact) mass is 541 g/mol. The molecule has 0 radical (unpaired) electrons. The summed E-state index contributed by atoms with van der Waals surface area (Å²) in [6.45, 7) is 7.70. The van der Waals surface area contributed by atoms with Gasteiger partial charge in [-0.05, 0) is 54.8 Å². The van der Waals surface area contributed by atoms with Gasteiger partial charge in [-0.2, -0.15) is 0 Å². The van der Waals surface area contributed by atoms with E-state index in [2.05, 4.69) is 22.3 Å². The Hall–Kier alpha value is -2.91. The summed E-state index contributed by atoms with van der Waals surface area (Å²) in [4.78, 5) is 15.5. The standard InChI is InChI=1S/C28H32ClN3O4S/c1-21-6-10-26(11-7-21)37(34,35)32(27-17-25(29)9-8-22(27)2)20-28(33)30-18-23-4-3-5-24(16-23)19-31-12-14-36-15-13-31/h3-11,16-17H,12-15,18-20H2,1-2H3,(H,30,33). The fourth-order valence-electron chi connectivity index (χ4n) is 4.23. The number of aryl methyl sites for hydroxylation is 2. The van der Waals surface area contributed by atoms with Crippen LogP contribution in [0.5, 0.6) is 0 Å². The molecule has 1 aliphatic heterocycles. The summed E-state index contributed by atoms with van der Waals surface area (Å²) in [6.07, 6.45) is 0. The zero-order valence-corrected chi connectivity index (χ0v) is 22.7. The SMILES string of the molecule is Cc1ccc(S(=O)(=O)N(CC(=O)NCc2cccc(CN3CCOCC3)c2)c2cc(Cl)ccc2C)cc1. The average Bonchev–Trinajstić information content (AvgIpc) is 2.88. The first-order valence-corrected chi connectivity index (χ1v) is 14.0. The average molecular weight is 542 g/mol. The van der Waals surface area contributed by atoms with Crippen molar-refractivity contribution in [2.45, 2.75) is 31.8 Å². The van der Waals surface area contributed by atoms with Crippen LogP contribution in [-0.2, 0) is 32.6 Å². The molecule has 37 heavy (non-hydrogen) atoms. The number of halogens is 1. The predicted molar refractivity (Wildman–Crippen MR) is 146 cm³/mol. The predicted octanol–water partition coefficient (Wildman–Crippen LogP) is 4.30. The van der Waals surface area contributed by atoms with Crippen LogP contribution >= 0.6 is 11.6 Å². The van der Waals surface area contributed by atoms with Gasteiger partial charge < -0.3 is 10.1 Å². The number of ether oxygens (including phenoxy) is 1. The number of hydrogen-bond donors (Lipinski definition) is 1. The van der Waals surface area contributed by atoms with E-state index in [1.54, 1.807) is 49.4 Å². The van der Waals surface area contributed by atoms with Crippen molar-refractivity contribution < 1.29 is 17.9 Å². The lowest BCUT2D eigenvalue weighted by atomic mass is 10.1. The minimum absolute atomic E-state index is 0.112. The van der Waals surface area contributed by atoms with Gasteiger partial charge in [0.2, 0.25) is 5.91 Å². The summed E-state index contributed by atoms with van der Waals surface area (Å²) in [5, 5.41) is 3.28. The van der Waals surface area contributed by atoms with Gasteiger partial charge >= 0.3 is 0 Å². The lowest BCUT2D eigenvalue weighted by Crippen LogP contribution is -2.41. The highest BCUT2D eigenvalue weighted by Gasteiger charge is 2.28. The maximum Gasteiger partial charge on any atom is 0.264 e. The number of rotatable bonds is 9. The molecule has 0 saturated carbocycles. The topological polar surface area (TPSA) is 79.0 Å². The molecule has 0 spiro atoms. The van der Waals surface area contributed by atoms with E-state index in [1.165, 1.54) is 0 Å². The Balaban J connectivity index is 1.50. The highest BCUT2D eigenvalue weighted by molar-refractivity contribution is 7.92. The Bertz CT molecular complexity index is 1340. The molecule has 0 atom stereocenters. The molecule has 1 N–H and O–H groups in total. The normalized spacial score (nSPS) is 14.4. The Morgan fingerprint density at radius 2 is 1.70 bits per heavy atom. The molecule has 0 unspecified atom stereocenters. The van der Waals surface area contributed by atoms with Crippen LogP contribution in [0.25, 0.3) is 0 Å². The van der Waals surface area contributed by atoms with E-state index >= 15 is 0 Å². The minimum atomic E-state index is -4.01. The molecule has 7 nitrogen and oxygen atoms in total. The smallest absolute Gasteiger partial charge is 0.264 e. The second-order valence-corrected chi connectivity index (χ2v) is 11.5. The van der Waals surface area contributed by atoms with Crippen molar-refractivity contribution in [3.05, 3.63) is 94.0 Å². The van der Waals surface area contributed by atoms with Crippen molar-refractivity contribution >= 4 is 33.2 Å². The van der Waals surface area contributed by atoms with Crippen LogP contribution in [0.3, 0.4) is 0 Å². The number of benzene rings is 3. The molecule has 0 bridgehead atoms. The Kier molecular flexibility index (Phi) is 8.87. The van der Waals surface area contributed by atoms with Crippen LogP contribution in [0.2, 0.25) is 5.02 Å². The second kappa shape index (κ2) is 12.1. The van der Waals surface area contributed by atoms with Gasteiger partial charge in [0.25, 0.3) is 10.0 Å². The highest BCUT2D eigenvalue weighted by atomic mass is 35.5. The molecule has 1 fully saturated rings. The number of amides is 1. The largest absolute Gasteiger partial charge is 0.379 e. The molecule has 9 heteroatoms. The van der Waals surface area contributed by atoms with Gasteiger partial charge in [0.1, 0.15) is 6.54 Å². The molecule has 4 rings (SSSR count). The molecule has 3 aromatic rings. The van der Waals surface area contributed by atoms with Crippen LogP contribution < -0.4 is 9.62 Å². The van der Waals surface area contributed by atoms with Crippen molar-refractivity contribution in [1.82, 2.24) is 10.2 Å². The molecule has 196 valence electrons. The van der Waals surface area contributed by atoms with Crippen molar-refractivity contribution in [1.29, 1.82) is 0 Å². The molecule has 3 aromatic carbocycles. The number of carbonyl (C=O) groups excluding carboxylic acids is 1. The van der Waals surface area contributed by atoms with Crippen LogP contribution in [0.4, 0.5) is 5.69 Å². The van der Waals surface area contributed by atoms with E-state index in [0.29, 0.717) is 22.8 Å². The van der Waals surface area contributed by atoms with Gasteiger partial charge in [-0.3, -0.25) is 14.0 Å². The van der Waals surface area contributed by atoms with Gasteiger partial charge in [0, 0.05) is 31.2 Å². The van der Waals surface area contributed by atoms with Crippen LogP contribution in [0.1, 0.15) is 22.3 Å². The number of morpholine rings is 1. The Morgan fingerprint density at radius 1 is 1.00 bits per heavy atom. The number of sulfonamides is 1. The summed E-state index contributed by atoms with van der Waals surface area (Å²) in [5.74, 6) is -0.409. The summed E-state index contributed by atoms with van der Waals surface area (Å²) >= 11 is 6.21. The number of carbonyl (C=O) groups is 1. The fraction of sp³-hybridized carbons (Fsp3) is 0.321. The first-order chi connectivity index (χ1) is 17.7. The van der Waals surface area contributed by atoms with Gasteiger partial charge in [-0.25, -0.2) is 8.42 Å². The molecule has 1 saturated heterocycles. The van der Waals surface area contributed by atoms with Gasteiger partial charge in [-0.1, -0.05) is 59.6 Å². The summed E-state index contributed by atoms with van der Waals surface area (Å²) in [5.41, 5.74) is 4.12. The molecular formula is C28H32ClN3O4S. The molecule has 0 aromatic heterocycles. The molecule has 1 amide bonds. The summed E-state index contributed by atoms with van der Waals surface area (Å²) < 4.78 is 33.8. The maximum absolute atomic E-state index is 13.6. The molecule has 0 aliphatic carbocycles. The van der Waals surface area contributed by atoms with Crippen molar-refractivity contribution in [3.8, 4) is 0 Å². The molecule has 1 heterocycles. The number of nitrogens with zero attached hydrogens (tertiary/aromatic N) is 2. The Labute approximate surface area is 224 Å². The van der Waals surface area contributed by atoms with Crippen molar-refractivity contribution in [2.24, 2.45) is 0 Å². The van der Waals surface area contributed by atoms with Gasteiger partial charge in [0.05, 0.1) is 23.8 Å². The van der Waals surface area contributed by atoms with E-state index in [9.17, 15) is 13.2 Å². The van der Waals surface area contributed by atoms with Gasteiger partial charge in [-0.15, -0.1) is 0 Å². The first kappa shape index (κ1) is 27.1. The number of nitrogens with one attached hydrogen (secondary N) is 1. The lowest BCUT2D eigenvalue weighted by Gasteiger charge is -2.27. The fourth-order valence-corrected chi connectivity index (χ4v) is 5.87. The van der Waals surface area contributed by atoms with Crippen LogP contribution in [0.15, 0.2) is 71.6 Å². The highest BCUT2D eigenvalue weighted by Crippen LogP contribution is 2.29. The zero-order valence-electron chi connectivity index (χ0n) is 21.1. The van der Waals surface area contributed by atoms with E-state index in [1.807, 2.05) is 19.1 Å². The molecule has 1 aliphatic rings. The molecular weight excluding hydrogens is 510 g/mol. The van der Waals surface area contributed by atoms with E-state index < -0.39 is 15.9 Å².